The van der Waals surface area contributed by atoms with Gasteiger partial charge in [0.15, 0.2) is 0 Å². The molecule has 4 nitrogen and oxygen atoms in total. The third kappa shape index (κ3) is 1.59. The fourth-order valence-corrected chi connectivity index (χ4v) is 2.95. The van der Waals surface area contributed by atoms with E-state index < -0.39 is 0 Å². The van der Waals surface area contributed by atoms with Crippen LogP contribution in [0.4, 0.5) is 4.79 Å². The Kier molecular flexibility index (Phi) is 2.63. The van der Waals surface area contributed by atoms with E-state index in [0.29, 0.717) is 12.5 Å². The van der Waals surface area contributed by atoms with Gasteiger partial charge < -0.3 is 15.7 Å². The van der Waals surface area contributed by atoms with E-state index in [2.05, 4.69) is 0 Å². The van der Waals surface area contributed by atoms with Crippen LogP contribution in [0.2, 0.25) is 0 Å². The van der Waals surface area contributed by atoms with Crippen molar-refractivity contribution < 1.29 is 9.90 Å². The summed E-state index contributed by atoms with van der Waals surface area (Å²) >= 11 is 0. The van der Waals surface area contributed by atoms with Crippen molar-refractivity contribution in [1.82, 2.24) is 4.90 Å². The molecule has 2 aliphatic rings. The maximum atomic E-state index is 11.2. The van der Waals surface area contributed by atoms with Crippen LogP contribution >= 0.6 is 0 Å². The van der Waals surface area contributed by atoms with E-state index in [0.717, 1.165) is 32.1 Å². The van der Waals surface area contributed by atoms with Gasteiger partial charge in [0.25, 0.3) is 0 Å². The summed E-state index contributed by atoms with van der Waals surface area (Å²) in [5, 5.41) is 9.87. The Morgan fingerprint density at radius 3 is 2.71 bits per heavy atom. The maximum absolute atomic E-state index is 11.2. The third-order valence-electron chi connectivity index (χ3n) is 3.57. The third-order valence-corrected chi connectivity index (χ3v) is 3.57. The molecule has 0 radical (unpaired) electrons. The van der Waals surface area contributed by atoms with E-state index in [9.17, 15) is 9.90 Å². The minimum atomic E-state index is -0.374. The number of aliphatic hydroxyl groups excluding tert-OH is 1. The highest BCUT2D eigenvalue weighted by atomic mass is 16.3. The predicted molar refractivity (Wildman–Crippen MR) is 52.7 cm³/mol. The number of primary amides is 1. The lowest BCUT2D eigenvalue weighted by atomic mass is 9.77. The molecule has 1 saturated heterocycles. The molecular weight excluding hydrogens is 180 g/mol. The number of urea groups is 1. The van der Waals surface area contributed by atoms with Crippen LogP contribution < -0.4 is 5.73 Å². The lowest BCUT2D eigenvalue weighted by molar-refractivity contribution is -0.0148. The average Bonchev–Trinajstić information content (AvgIpc) is 2.17. The molecule has 3 N–H and O–H groups in total. The number of rotatable bonds is 0. The van der Waals surface area contributed by atoms with Crippen molar-refractivity contribution in [2.45, 2.75) is 44.2 Å². The van der Waals surface area contributed by atoms with E-state index in [1.165, 1.54) is 0 Å². The van der Waals surface area contributed by atoms with Gasteiger partial charge in [0.1, 0.15) is 0 Å². The molecule has 0 aromatic heterocycles. The summed E-state index contributed by atoms with van der Waals surface area (Å²) in [6.07, 6.45) is 4.81. The molecule has 2 fully saturated rings. The summed E-state index contributed by atoms with van der Waals surface area (Å²) in [6.45, 7) is 0.716. The molecular formula is C10H18N2O2. The van der Waals surface area contributed by atoms with Crippen LogP contribution in [0.1, 0.15) is 32.1 Å². The molecule has 4 heteroatoms. The number of hydrogen-bond donors (Lipinski definition) is 2. The highest BCUT2D eigenvalue weighted by molar-refractivity contribution is 5.72. The van der Waals surface area contributed by atoms with Gasteiger partial charge in [-0.15, -0.1) is 0 Å². The van der Waals surface area contributed by atoms with Gasteiger partial charge in [-0.3, -0.25) is 0 Å². The first kappa shape index (κ1) is 9.77. The average molecular weight is 198 g/mol. The summed E-state index contributed by atoms with van der Waals surface area (Å²) in [5.41, 5.74) is 5.31. The number of carbonyl (C=O) groups excluding carboxylic acids is 1. The van der Waals surface area contributed by atoms with Crippen LogP contribution in [-0.4, -0.2) is 34.7 Å². The van der Waals surface area contributed by atoms with Gasteiger partial charge in [0.05, 0.1) is 12.1 Å². The maximum Gasteiger partial charge on any atom is 0.315 e. The quantitative estimate of drug-likeness (QED) is 0.601. The number of aliphatic hydroxyl groups is 1. The largest absolute Gasteiger partial charge is 0.391 e. The Bertz CT molecular complexity index is 230. The Morgan fingerprint density at radius 2 is 2.00 bits per heavy atom. The second-order valence-electron chi connectivity index (χ2n) is 4.42. The van der Waals surface area contributed by atoms with Crippen molar-refractivity contribution in [3.63, 3.8) is 0 Å². The fraction of sp³-hybridized carbons (Fsp3) is 0.900. The van der Waals surface area contributed by atoms with Crippen LogP contribution in [0.5, 0.6) is 0 Å². The molecule has 1 aliphatic heterocycles. The van der Waals surface area contributed by atoms with Crippen LogP contribution in [0, 0.1) is 5.92 Å². The number of hydrogen-bond acceptors (Lipinski definition) is 2. The summed E-state index contributed by atoms with van der Waals surface area (Å²) in [4.78, 5) is 12.9. The topological polar surface area (TPSA) is 66.6 Å². The Labute approximate surface area is 84.1 Å². The molecule has 1 heterocycles. The number of likely N-dealkylation sites (tertiary alicyclic amines) is 1. The van der Waals surface area contributed by atoms with Crippen LogP contribution in [-0.2, 0) is 0 Å². The van der Waals surface area contributed by atoms with Gasteiger partial charge in [0, 0.05) is 6.54 Å². The fourth-order valence-electron chi connectivity index (χ4n) is 2.95. The molecule has 1 aliphatic carbocycles. The lowest BCUT2D eigenvalue weighted by Gasteiger charge is -2.45. The highest BCUT2D eigenvalue weighted by Gasteiger charge is 2.40. The molecule has 1 saturated carbocycles. The first-order chi connectivity index (χ1) is 6.70. The van der Waals surface area contributed by atoms with Crippen molar-refractivity contribution >= 4 is 6.03 Å². The van der Waals surface area contributed by atoms with Crippen LogP contribution in [0.15, 0.2) is 0 Å². The van der Waals surface area contributed by atoms with Gasteiger partial charge >= 0.3 is 6.03 Å². The molecule has 0 spiro atoms. The van der Waals surface area contributed by atoms with Crippen LogP contribution in [0.25, 0.3) is 0 Å². The van der Waals surface area contributed by atoms with Crippen molar-refractivity contribution in [1.29, 1.82) is 0 Å². The SMILES string of the molecule is NC(=O)N1CCC[C@H]2CCC[C@@H](O)[C@@H]21. The minimum absolute atomic E-state index is 0.00463. The monoisotopic (exact) mass is 198 g/mol. The number of amides is 2. The Balaban J connectivity index is 2.14. The molecule has 0 aromatic carbocycles. The second kappa shape index (κ2) is 3.77. The second-order valence-corrected chi connectivity index (χ2v) is 4.42. The van der Waals surface area contributed by atoms with Gasteiger partial charge in [-0.05, 0) is 31.6 Å². The number of nitrogens with two attached hydrogens (primary N) is 1. The Morgan fingerprint density at radius 1 is 1.29 bits per heavy atom. The van der Waals surface area contributed by atoms with Gasteiger partial charge in [-0.2, -0.15) is 0 Å². The smallest absolute Gasteiger partial charge is 0.315 e. The molecule has 0 aromatic rings. The van der Waals surface area contributed by atoms with E-state index in [1.54, 1.807) is 4.90 Å². The molecule has 80 valence electrons. The number of nitrogens with zero attached hydrogens (tertiary/aromatic N) is 1. The van der Waals surface area contributed by atoms with Gasteiger partial charge in [-0.25, -0.2) is 4.79 Å². The Hall–Kier alpha value is -0.770. The standard InChI is InChI=1S/C10H18N2O2/c11-10(14)12-6-2-4-7-3-1-5-8(13)9(7)12/h7-9,13H,1-6H2,(H2,11,14)/t7-,8-,9-/m1/s1. The summed E-state index contributed by atoms with van der Waals surface area (Å²) < 4.78 is 0. The number of piperidine rings is 1. The van der Waals surface area contributed by atoms with Crippen molar-refractivity contribution in [3.05, 3.63) is 0 Å². The number of carbonyl (C=O) groups is 1. The highest BCUT2D eigenvalue weighted by Crippen LogP contribution is 2.35. The zero-order valence-electron chi connectivity index (χ0n) is 8.35. The zero-order chi connectivity index (χ0) is 10.1. The molecule has 14 heavy (non-hydrogen) atoms. The van der Waals surface area contributed by atoms with Gasteiger partial charge in [-0.1, -0.05) is 6.42 Å². The normalized spacial score (nSPS) is 37.8. The van der Waals surface area contributed by atoms with Gasteiger partial charge in [0.2, 0.25) is 0 Å². The van der Waals surface area contributed by atoms with Crippen LogP contribution in [0.3, 0.4) is 0 Å². The van der Waals surface area contributed by atoms with Crippen molar-refractivity contribution in [2.75, 3.05) is 6.54 Å². The summed E-state index contributed by atoms with van der Waals surface area (Å²) in [5.74, 6) is 0.472. The number of fused-ring (bicyclic) bond motifs is 1. The first-order valence-corrected chi connectivity index (χ1v) is 5.44. The van der Waals surface area contributed by atoms with E-state index in [4.69, 9.17) is 5.73 Å². The molecule has 2 rings (SSSR count). The predicted octanol–water partition coefficient (Wildman–Crippen LogP) is 0.690. The van der Waals surface area contributed by atoms with E-state index in [-0.39, 0.29) is 18.2 Å². The van der Waals surface area contributed by atoms with Crippen molar-refractivity contribution in [3.8, 4) is 0 Å². The van der Waals surface area contributed by atoms with E-state index >= 15 is 0 Å². The molecule has 2 amide bonds. The minimum Gasteiger partial charge on any atom is -0.391 e. The summed E-state index contributed by atoms with van der Waals surface area (Å²) in [6, 6.07) is -0.379. The summed E-state index contributed by atoms with van der Waals surface area (Å²) in [7, 11) is 0. The zero-order valence-corrected chi connectivity index (χ0v) is 8.35. The first-order valence-electron chi connectivity index (χ1n) is 5.44. The molecule has 3 atom stereocenters. The molecule has 0 bridgehead atoms. The van der Waals surface area contributed by atoms with Crippen molar-refractivity contribution in [2.24, 2.45) is 11.7 Å². The lowest BCUT2D eigenvalue weighted by Crippen LogP contribution is -2.57. The molecule has 0 unspecified atom stereocenters. The van der Waals surface area contributed by atoms with E-state index in [1.807, 2.05) is 0 Å².